The van der Waals surface area contributed by atoms with Crippen LogP contribution in [0.4, 0.5) is 0 Å². The van der Waals surface area contributed by atoms with Crippen molar-refractivity contribution in [2.24, 2.45) is 0 Å². The molecule has 0 saturated heterocycles. The summed E-state index contributed by atoms with van der Waals surface area (Å²) in [6.07, 6.45) is 0. The Labute approximate surface area is 107 Å². The topological polar surface area (TPSA) is 63.4 Å². The van der Waals surface area contributed by atoms with Gasteiger partial charge in [0.2, 0.25) is 10.0 Å². The van der Waals surface area contributed by atoms with Gasteiger partial charge < -0.3 is 4.52 Å². The molecule has 5 nitrogen and oxygen atoms in total. The average molecular weight is 281 g/mol. The van der Waals surface area contributed by atoms with Gasteiger partial charge in [0.15, 0.2) is 5.76 Å². The van der Waals surface area contributed by atoms with Crippen LogP contribution in [0.15, 0.2) is 9.42 Å². The molecule has 1 rings (SSSR count). The van der Waals surface area contributed by atoms with E-state index in [0.717, 1.165) is 0 Å². The van der Waals surface area contributed by atoms with Crippen LogP contribution in [0, 0.1) is 13.8 Å². The monoisotopic (exact) mass is 280 g/mol. The van der Waals surface area contributed by atoms with E-state index in [1.807, 2.05) is 0 Å². The van der Waals surface area contributed by atoms with Gasteiger partial charge in [0.1, 0.15) is 10.6 Å². The van der Waals surface area contributed by atoms with Crippen LogP contribution in [-0.2, 0) is 10.0 Å². The molecule has 0 N–H and O–H groups in total. The molecule has 0 bridgehead atoms. The molecule has 0 saturated carbocycles. The highest BCUT2D eigenvalue weighted by Gasteiger charge is 2.36. The molecule has 17 heavy (non-hydrogen) atoms. The standard InChI is InChI=1S/C10H17ClN2O3S/c1-7-9(8(2)16-12-7)17(14,15)13(5)10(3,4)6-11/h6H2,1-5H3. The molecule has 0 aromatic carbocycles. The number of halogens is 1. The zero-order chi connectivity index (χ0) is 13.4. The van der Waals surface area contributed by atoms with E-state index in [2.05, 4.69) is 5.16 Å². The van der Waals surface area contributed by atoms with Crippen LogP contribution in [-0.4, -0.2) is 36.3 Å². The van der Waals surface area contributed by atoms with Crippen molar-refractivity contribution in [3.05, 3.63) is 11.5 Å². The number of nitrogens with zero attached hydrogens (tertiary/aromatic N) is 2. The van der Waals surface area contributed by atoms with Crippen LogP contribution in [0.1, 0.15) is 25.3 Å². The van der Waals surface area contributed by atoms with Gasteiger partial charge >= 0.3 is 0 Å². The van der Waals surface area contributed by atoms with E-state index < -0.39 is 15.6 Å². The first kappa shape index (κ1) is 14.5. The molecule has 0 aliphatic heterocycles. The Balaban J connectivity index is 3.31. The van der Waals surface area contributed by atoms with E-state index in [1.54, 1.807) is 27.7 Å². The number of aromatic nitrogens is 1. The van der Waals surface area contributed by atoms with Gasteiger partial charge in [0, 0.05) is 18.5 Å². The maximum Gasteiger partial charge on any atom is 0.248 e. The number of alkyl halides is 1. The first-order valence-corrected chi connectivity index (χ1v) is 7.10. The summed E-state index contributed by atoms with van der Waals surface area (Å²) in [6, 6.07) is 0. The Morgan fingerprint density at radius 2 is 1.94 bits per heavy atom. The lowest BCUT2D eigenvalue weighted by Crippen LogP contribution is -2.46. The van der Waals surface area contributed by atoms with Gasteiger partial charge in [-0.05, 0) is 27.7 Å². The first-order chi connectivity index (χ1) is 7.64. The van der Waals surface area contributed by atoms with Crippen LogP contribution in [0.2, 0.25) is 0 Å². The predicted molar refractivity (Wildman–Crippen MR) is 65.7 cm³/mol. The Bertz CT molecular complexity index is 488. The highest BCUT2D eigenvalue weighted by molar-refractivity contribution is 7.89. The number of hydrogen-bond donors (Lipinski definition) is 0. The summed E-state index contributed by atoms with van der Waals surface area (Å²) in [4.78, 5) is 0.123. The molecular weight excluding hydrogens is 264 g/mol. The molecule has 1 aromatic heterocycles. The number of aryl methyl sites for hydroxylation is 2. The van der Waals surface area contributed by atoms with Crippen LogP contribution < -0.4 is 0 Å². The summed E-state index contributed by atoms with van der Waals surface area (Å²) in [7, 11) is -2.13. The third-order valence-corrected chi connectivity index (χ3v) is 5.73. The van der Waals surface area contributed by atoms with E-state index in [-0.39, 0.29) is 10.8 Å². The fraction of sp³-hybridized carbons (Fsp3) is 0.700. The van der Waals surface area contributed by atoms with Gasteiger partial charge in [-0.3, -0.25) is 0 Å². The quantitative estimate of drug-likeness (QED) is 0.791. The van der Waals surface area contributed by atoms with Crippen molar-refractivity contribution in [3.63, 3.8) is 0 Å². The normalized spacial score (nSPS) is 13.4. The summed E-state index contributed by atoms with van der Waals surface area (Å²) < 4.78 is 31.0. The molecule has 1 heterocycles. The molecule has 98 valence electrons. The molecule has 0 aliphatic rings. The van der Waals surface area contributed by atoms with Crippen LogP contribution >= 0.6 is 11.6 Å². The predicted octanol–water partition coefficient (Wildman–Crippen LogP) is 1.93. The fourth-order valence-electron chi connectivity index (χ4n) is 1.39. The van der Waals surface area contributed by atoms with Crippen molar-refractivity contribution >= 4 is 21.6 Å². The van der Waals surface area contributed by atoms with E-state index in [9.17, 15) is 8.42 Å². The van der Waals surface area contributed by atoms with Crippen molar-refractivity contribution in [1.29, 1.82) is 0 Å². The number of hydrogen-bond acceptors (Lipinski definition) is 4. The minimum absolute atomic E-state index is 0.123. The second-order valence-corrected chi connectivity index (χ2v) is 6.75. The van der Waals surface area contributed by atoms with Crippen LogP contribution in [0.25, 0.3) is 0 Å². The first-order valence-electron chi connectivity index (χ1n) is 5.12. The number of rotatable bonds is 4. The number of sulfonamides is 1. The Morgan fingerprint density at radius 1 is 1.41 bits per heavy atom. The summed E-state index contributed by atoms with van der Waals surface area (Å²) in [5, 5.41) is 3.66. The van der Waals surface area contributed by atoms with Crippen molar-refractivity contribution in [1.82, 2.24) is 9.46 Å². The summed E-state index contributed by atoms with van der Waals surface area (Å²) >= 11 is 5.79. The molecule has 0 fully saturated rings. The maximum atomic E-state index is 12.4. The molecule has 0 radical (unpaired) electrons. The fourth-order valence-corrected chi connectivity index (χ4v) is 3.44. The molecule has 0 unspecified atom stereocenters. The zero-order valence-electron chi connectivity index (χ0n) is 10.6. The second-order valence-electron chi connectivity index (χ2n) is 4.57. The lowest BCUT2D eigenvalue weighted by Gasteiger charge is -2.32. The van der Waals surface area contributed by atoms with Gasteiger partial charge in [0.05, 0.1) is 0 Å². The smallest absolute Gasteiger partial charge is 0.248 e. The highest BCUT2D eigenvalue weighted by atomic mass is 35.5. The van der Waals surface area contributed by atoms with Crippen molar-refractivity contribution in [2.45, 2.75) is 38.1 Å². The summed E-state index contributed by atoms with van der Waals surface area (Å²) in [5.41, 5.74) is -0.309. The molecule has 7 heteroatoms. The van der Waals surface area contributed by atoms with Gasteiger partial charge in [-0.1, -0.05) is 5.16 Å². The molecule has 0 amide bonds. The van der Waals surface area contributed by atoms with Gasteiger partial charge in [-0.15, -0.1) is 11.6 Å². The van der Waals surface area contributed by atoms with E-state index in [4.69, 9.17) is 16.1 Å². The minimum Gasteiger partial charge on any atom is -0.360 e. The van der Waals surface area contributed by atoms with Gasteiger partial charge in [-0.25, -0.2) is 8.42 Å². The molecule has 1 aromatic rings. The molecular formula is C10H17ClN2O3S. The Kier molecular flexibility index (Phi) is 3.91. The largest absolute Gasteiger partial charge is 0.360 e. The SMILES string of the molecule is Cc1noc(C)c1S(=O)(=O)N(C)C(C)(C)CCl. The van der Waals surface area contributed by atoms with Crippen molar-refractivity contribution < 1.29 is 12.9 Å². The maximum absolute atomic E-state index is 12.4. The third-order valence-electron chi connectivity index (χ3n) is 2.77. The summed E-state index contributed by atoms with van der Waals surface area (Å²) in [5.74, 6) is 0.492. The van der Waals surface area contributed by atoms with Gasteiger partial charge in [-0.2, -0.15) is 4.31 Å². The molecule has 0 spiro atoms. The average Bonchev–Trinajstić information content (AvgIpc) is 2.57. The van der Waals surface area contributed by atoms with Crippen molar-refractivity contribution in [2.75, 3.05) is 12.9 Å². The Morgan fingerprint density at radius 3 is 2.29 bits per heavy atom. The van der Waals surface area contributed by atoms with E-state index in [1.165, 1.54) is 11.4 Å². The molecule has 0 atom stereocenters. The molecule has 0 aliphatic carbocycles. The van der Waals surface area contributed by atoms with Crippen LogP contribution in [0.5, 0.6) is 0 Å². The lowest BCUT2D eigenvalue weighted by molar-refractivity contribution is 0.295. The second kappa shape index (κ2) is 4.59. The highest BCUT2D eigenvalue weighted by Crippen LogP contribution is 2.27. The lowest BCUT2D eigenvalue weighted by atomic mass is 10.1. The van der Waals surface area contributed by atoms with E-state index in [0.29, 0.717) is 11.5 Å². The van der Waals surface area contributed by atoms with Gasteiger partial charge in [0.25, 0.3) is 0 Å². The zero-order valence-corrected chi connectivity index (χ0v) is 12.2. The van der Waals surface area contributed by atoms with E-state index >= 15 is 0 Å². The third kappa shape index (κ3) is 2.48. The van der Waals surface area contributed by atoms with Crippen LogP contribution in [0.3, 0.4) is 0 Å². The summed E-state index contributed by atoms with van der Waals surface area (Å²) in [6.45, 7) is 6.70. The Hall–Kier alpha value is -0.590. The minimum atomic E-state index is -3.63. The van der Waals surface area contributed by atoms with Crippen molar-refractivity contribution in [3.8, 4) is 0 Å².